The first-order valence-corrected chi connectivity index (χ1v) is 5.38. The molecule has 0 aliphatic carbocycles. The smallest absolute Gasteiger partial charge is 0.119 e. The van der Waals surface area contributed by atoms with Gasteiger partial charge in [-0.15, -0.1) is 0 Å². The minimum absolute atomic E-state index is 0.252. The SMILES string of the molecule is [CH]c1cncc(C(C)(C)c2ccccc2O)n1. The van der Waals surface area contributed by atoms with E-state index in [1.165, 1.54) is 6.20 Å². The first-order chi connectivity index (χ1) is 8.01. The molecule has 1 aromatic carbocycles. The van der Waals surface area contributed by atoms with E-state index in [0.717, 1.165) is 11.3 Å². The molecule has 1 heterocycles. The van der Waals surface area contributed by atoms with Crippen molar-refractivity contribution in [1.82, 2.24) is 9.97 Å². The molecule has 0 fully saturated rings. The maximum atomic E-state index is 9.90. The molecule has 0 atom stereocenters. The number of para-hydroxylation sites is 1. The molecule has 2 aromatic rings. The lowest BCUT2D eigenvalue weighted by molar-refractivity contribution is 0.451. The summed E-state index contributed by atoms with van der Waals surface area (Å²) in [6.07, 6.45) is 3.17. The maximum absolute atomic E-state index is 9.90. The largest absolute Gasteiger partial charge is 0.508 e. The third kappa shape index (κ3) is 2.13. The quantitative estimate of drug-likeness (QED) is 0.856. The number of aromatic nitrogens is 2. The summed E-state index contributed by atoms with van der Waals surface area (Å²) in [6.45, 7) is 9.59. The van der Waals surface area contributed by atoms with Gasteiger partial charge in [0.1, 0.15) is 5.75 Å². The molecular formula is C14H14N2O. The summed E-state index contributed by atoms with van der Waals surface area (Å²) < 4.78 is 0. The van der Waals surface area contributed by atoms with Gasteiger partial charge in [-0.3, -0.25) is 9.97 Å². The molecule has 0 bridgehead atoms. The molecule has 2 rings (SSSR count). The first kappa shape index (κ1) is 11.6. The van der Waals surface area contributed by atoms with Gasteiger partial charge in [-0.1, -0.05) is 18.2 Å². The fraction of sp³-hybridized carbons (Fsp3) is 0.214. The molecule has 3 nitrogen and oxygen atoms in total. The topological polar surface area (TPSA) is 46.0 Å². The monoisotopic (exact) mass is 226 g/mol. The van der Waals surface area contributed by atoms with Crippen molar-refractivity contribution in [2.75, 3.05) is 0 Å². The number of aromatic hydroxyl groups is 1. The van der Waals surface area contributed by atoms with E-state index in [0.29, 0.717) is 5.69 Å². The number of phenols is 1. The minimum atomic E-state index is -0.437. The number of benzene rings is 1. The number of nitrogens with zero attached hydrogens (tertiary/aromatic N) is 2. The van der Waals surface area contributed by atoms with Crippen LogP contribution in [0.1, 0.15) is 30.8 Å². The Hall–Kier alpha value is -1.90. The van der Waals surface area contributed by atoms with Crippen molar-refractivity contribution < 1.29 is 5.11 Å². The molecule has 0 saturated heterocycles. The number of hydrogen-bond acceptors (Lipinski definition) is 3. The molecule has 0 aliphatic rings. The normalized spacial score (nSPS) is 11.5. The lowest BCUT2D eigenvalue weighted by atomic mass is 9.81. The molecule has 0 amide bonds. The van der Waals surface area contributed by atoms with E-state index in [1.807, 2.05) is 26.0 Å². The Morgan fingerprint density at radius 1 is 1.18 bits per heavy atom. The number of rotatable bonds is 2. The molecule has 0 aliphatic heterocycles. The molecule has 0 unspecified atom stereocenters. The second-order valence-corrected chi connectivity index (χ2v) is 4.47. The van der Waals surface area contributed by atoms with E-state index in [2.05, 4.69) is 9.97 Å². The summed E-state index contributed by atoms with van der Waals surface area (Å²) in [7, 11) is 0. The van der Waals surface area contributed by atoms with Gasteiger partial charge in [0.05, 0.1) is 11.4 Å². The fourth-order valence-electron chi connectivity index (χ4n) is 1.82. The summed E-state index contributed by atoms with van der Waals surface area (Å²) in [5.41, 5.74) is 1.48. The molecule has 0 saturated carbocycles. The minimum Gasteiger partial charge on any atom is -0.508 e. The van der Waals surface area contributed by atoms with Gasteiger partial charge >= 0.3 is 0 Å². The number of hydrogen-bond donors (Lipinski definition) is 1. The van der Waals surface area contributed by atoms with Gasteiger partial charge in [-0.2, -0.15) is 0 Å². The highest BCUT2D eigenvalue weighted by atomic mass is 16.3. The van der Waals surface area contributed by atoms with Crippen LogP contribution in [0.25, 0.3) is 0 Å². The van der Waals surface area contributed by atoms with E-state index in [-0.39, 0.29) is 5.75 Å². The van der Waals surface area contributed by atoms with E-state index in [4.69, 9.17) is 6.92 Å². The second kappa shape index (κ2) is 4.17. The lowest BCUT2D eigenvalue weighted by Gasteiger charge is -2.25. The van der Waals surface area contributed by atoms with Crippen LogP contribution >= 0.6 is 0 Å². The van der Waals surface area contributed by atoms with Crippen molar-refractivity contribution in [2.45, 2.75) is 19.3 Å². The third-order valence-corrected chi connectivity index (χ3v) is 2.87. The van der Waals surface area contributed by atoms with Gasteiger partial charge in [0.2, 0.25) is 0 Å². The van der Waals surface area contributed by atoms with Crippen LogP contribution in [0.2, 0.25) is 0 Å². The van der Waals surface area contributed by atoms with Gasteiger partial charge in [0.15, 0.2) is 0 Å². The molecule has 86 valence electrons. The predicted octanol–water partition coefficient (Wildman–Crippen LogP) is 2.57. The Bertz CT molecular complexity index is 535. The Balaban J connectivity index is 2.53. The zero-order valence-electron chi connectivity index (χ0n) is 9.88. The predicted molar refractivity (Wildman–Crippen MR) is 65.7 cm³/mol. The highest BCUT2D eigenvalue weighted by molar-refractivity contribution is 5.42. The van der Waals surface area contributed by atoms with Crippen molar-refractivity contribution in [1.29, 1.82) is 0 Å². The van der Waals surface area contributed by atoms with Crippen molar-refractivity contribution in [2.24, 2.45) is 0 Å². The standard InChI is InChI=1S/C14H14N2O/c1-10-8-15-9-13(16-10)14(2,3)11-6-4-5-7-12(11)17/h1,4-9,17H,2-3H3. The molecule has 1 N–H and O–H groups in total. The van der Waals surface area contributed by atoms with E-state index in [1.54, 1.807) is 18.3 Å². The Kier molecular flexibility index (Phi) is 2.84. The molecule has 2 radical (unpaired) electrons. The van der Waals surface area contributed by atoms with Crippen LogP contribution in [0.3, 0.4) is 0 Å². The Labute approximate surface area is 101 Å². The van der Waals surface area contributed by atoms with Crippen LogP contribution in [-0.2, 0) is 5.41 Å². The molecule has 1 aromatic heterocycles. The maximum Gasteiger partial charge on any atom is 0.119 e. The Morgan fingerprint density at radius 3 is 2.53 bits per heavy atom. The van der Waals surface area contributed by atoms with Crippen LogP contribution < -0.4 is 0 Å². The number of phenolic OH excluding ortho intramolecular Hbond substituents is 1. The zero-order valence-corrected chi connectivity index (χ0v) is 9.88. The average molecular weight is 226 g/mol. The van der Waals surface area contributed by atoms with Gasteiger partial charge < -0.3 is 5.11 Å². The van der Waals surface area contributed by atoms with E-state index in [9.17, 15) is 5.11 Å². The highest BCUT2D eigenvalue weighted by Crippen LogP contribution is 2.35. The summed E-state index contributed by atoms with van der Waals surface area (Å²) in [5.74, 6) is 0.252. The first-order valence-electron chi connectivity index (χ1n) is 5.38. The van der Waals surface area contributed by atoms with E-state index < -0.39 is 5.41 Å². The third-order valence-electron chi connectivity index (χ3n) is 2.87. The lowest BCUT2D eigenvalue weighted by Crippen LogP contribution is -2.21. The van der Waals surface area contributed by atoms with Gasteiger partial charge in [0.25, 0.3) is 0 Å². The van der Waals surface area contributed by atoms with Gasteiger partial charge in [-0.05, 0) is 19.9 Å². The van der Waals surface area contributed by atoms with Crippen LogP contribution in [0.4, 0.5) is 0 Å². The van der Waals surface area contributed by atoms with Gasteiger partial charge in [-0.25, -0.2) is 0 Å². The average Bonchev–Trinajstić information content (AvgIpc) is 2.29. The highest BCUT2D eigenvalue weighted by Gasteiger charge is 2.27. The summed E-state index contributed by atoms with van der Waals surface area (Å²) in [5, 5.41) is 9.90. The second-order valence-electron chi connectivity index (χ2n) is 4.47. The molecule has 17 heavy (non-hydrogen) atoms. The van der Waals surface area contributed by atoms with Crippen LogP contribution in [0.15, 0.2) is 36.7 Å². The molecular weight excluding hydrogens is 212 g/mol. The van der Waals surface area contributed by atoms with Crippen molar-refractivity contribution in [3.05, 3.63) is 60.5 Å². The zero-order chi connectivity index (χ0) is 12.5. The Morgan fingerprint density at radius 2 is 1.88 bits per heavy atom. The molecule has 0 spiro atoms. The van der Waals surface area contributed by atoms with Crippen molar-refractivity contribution >= 4 is 0 Å². The molecule has 3 heteroatoms. The van der Waals surface area contributed by atoms with Crippen LogP contribution in [0, 0.1) is 6.92 Å². The van der Waals surface area contributed by atoms with Gasteiger partial charge in [0, 0.05) is 30.3 Å². The van der Waals surface area contributed by atoms with Crippen molar-refractivity contribution in [3.8, 4) is 5.75 Å². The summed E-state index contributed by atoms with van der Waals surface area (Å²) >= 11 is 0. The van der Waals surface area contributed by atoms with Crippen LogP contribution in [-0.4, -0.2) is 15.1 Å². The summed E-state index contributed by atoms with van der Waals surface area (Å²) in [6, 6.07) is 7.22. The summed E-state index contributed by atoms with van der Waals surface area (Å²) in [4.78, 5) is 8.30. The van der Waals surface area contributed by atoms with Crippen LogP contribution in [0.5, 0.6) is 5.75 Å². The van der Waals surface area contributed by atoms with E-state index >= 15 is 0 Å². The fourth-order valence-corrected chi connectivity index (χ4v) is 1.82. The van der Waals surface area contributed by atoms with Crippen molar-refractivity contribution in [3.63, 3.8) is 0 Å².